The molecule has 2 atom stereocenters. The molecule has 1 fully saturated rings. The van der Waals surface area contributed by atoms with Crippen molar-refractivity contribution in [1.82, 2.24) is 14.9 Å². The van der Waals surface area contributed by atoms with E-state index in [1.54, 1.807) is 25.3 Å². The number of fused-ring (bicyclic) bond motifs is 4. The Balaban J connectivity index is 1.31. The number of piperidine rings is 1. The fourth-order valence-electron chi connectivity index (χ4n) is 5.31. The highest BCUT2D eigenvalue weighted by atomic mass is 16.5. The van der Waals surface area contributed by atoms with Crippen molar-refractivity contribution < 1.29 is 13.9 Å². The van der Waals surface area contributed by atoms with Gasteiger partial charge in [-0.25, -0.2) is 5.43 Å². The first-order valence-electron chi connectivity index (χ1n) is 12.1. The van der Waals surface area contributed by atoms with E-state index in [4.69, 9.17) is 9.15 Å². The number of furan rings is 1. The van der Waals surface area contributed by atoms with Gasteiger partial charge in [0.2, 0.25) is 0 Å². The van der Waals surface area contributed by atoms with E-state index in [0.717, 1.165) is 55.2 Å². The molecule has 8 nitrogen and oxygen atoms in total. The lowest BCUT2D eigenvalue weighted by molar-refractivity contribution is 0.0953. The Hall–Kier alpha value is -3.65. The Morgan fingerprint density at radius 1 is 1.23 bits per heavy atom. The van der Waals surface area contributed by atoms with E-state index in [0.29, 0.717) is 29.8 Å². The average molecular weight is 475 g/mol. The summed E-state index contributed by atoms with van der Waals surface area (Å²) >= 11 is 0. The number of aromatic nitrogens is 1. The number of ether oxygens (including phenoxy) is 1. The van der Waals surface area contributed by atoms with Gasteiger partial charge < -0.3 is 13.7 Å². The van der Waals surface area contributed by atoms with Gasteiger partial charge in [0.25, 0.3) is 11.5 Å². The lowest BCUT2D eigenvalue weighted by atomic mass is 9.83. The Morgan fingerprint density at radius 3 is 2.91 bits per heavy atom. The number of aryl methyl sites for hydroxylation is 1. The largest absolute Gasteiger partial charge is 0.494 e. The van der Waals surface area contributed by atoms with E-state index in [2.05, 4.69) is 27.6 Å². The molecule has 2 aliphatic heterocycles. The fourth-order valence-corrected chi connectivity index (χ4v) is 5.31. The molecule has 0 saturated carbocycles. The fraction of sp³-hybridized carbons (Fsp3) is 0.370. The van der Waals surface area contributed by atoms with E-state index in [1.807, 2.05) is 29.7 Å². The third-order valence-corrected chi connectivity index (χ3v) is 6.82. The summed E-state index contributed by atoms with van der Waals surface area (Å²) < 4.78 is 13.0. The summed E-state index contributed by atoms with van der Waals surface area (Å²) in [5.74, 6) is 1.93. The van der Waals surface area contributed by atoms with Gasteiger partial charge in [0.15, 0.2) is 0 Å². The van der Waals surface area contributed by atoms with E-state index < -0.39 is 0 Å². The van der Waals surface area contributed by atoms with Gasteiger partial charge in [0, 0.05) is 49.4 Å². The number of carbonyl (C=O) groups excluding carboxylic acids is 1. The lowest BCUT2D eigenvalue weighted by Gasteiger charge is -2.43. The molecule has 2 bridgehead atoms. The van der Waals surface area contributed by atoms with Crippen molar-refractivity contribution in [2.45, 2.75) is 39.3 Å². The second kappa shape index (κ2) is 9.92. The van der Waals surface area contributed by atoms with Crippen molar-refractivity contribution in [3.8, 4) is 5.75 Å². The smallest absolute Gasteiger partial charge is 0.274 e. The molecular weight excluding hydrogens is 444 g/mol. The van der Waals surface area contributed by atoms with Crippen LogP contribution >= 0.6 is 0 Å². The zero-order valence-electron chi connectivity index (χ0n) is 20.1. The normalized spacial score (nSPS) is 19.5. The quantitative estimate of drug-likeness (QED) is 0.418. The SMILES string of the molecule is CCOc1ccc(C=NNC(=O)c2ccoc2C)cc1CN1CC2CC(C1)c1cccc(=O)n1C2. The molecule has 2 aliphatic rings. The van der Waals surface area contributed by atoms with Gasteiger partial charge in [-0.2, -0.15) is 5.10 Å². The van der Waals surface area contributed by atoms with Crippen molar-refractivity contribution in [3.63, 3.8) is 0 Å². The van der Waals surface area contributed by atoms with Crippen molar-refractivity contribution in [2.24, 2.45) is 11.0 Å². The number of rotatable bonds is 7. The van der Waals surface area contributed by atoms with Gasteiger partial charge >= 0.3 is 0 Å². The molecule has 0 radical (unpaired) electrons. The molecule has 182 valence electrons. The minimum absolute atomic E-state index is 0.103. The first-order chi connectivity index (χ1) is 17.0. The number of pyridine rings is 1. The summed E-state index contributed by atoms with van der Waals surface area (Å²) in [6.45, 7) is 7.69. The zero-order chi connectivity index (χ0) is 24.4. The maximum Gasteiger partial charge on any atom is 0.274 e. The van der Waals surface area contributed by atoms with Gasteiger partial charge in [-0.1, -0.05) is 6.07 Å². The van der Waals surface area contributed by atoms with Crippen LogP contribution in [0, 0.1) is 12.8 Å². The van der Waals surface area contributed by atoms with E-state index in [1.165, 1.54) is 6.26 Å². The number of nitrogens with one attached hydrogen (secondary N) is 1. The molecule has 0 spiro atoms. The molecule has 0 aliphatic carbocycles. The van der Waals surface area contributed by atoms with Crippen LogP contribution < -0.4 is 15.7 Å². The third-order valence-electron chi connectivity index (χ3n) is 6.82. The Kier molecular flexibility index (Phi) is 6.55. The van der Waals surface area contributed by atoms with Crippen molar-refractivity contribution >= 4 is 12.1 Å². The number of hydrogen-bond donors (Lipinski definition) is 1. The van der Waals surface area contributed by atoms with Crippen LogP contribution in [-0.4, -0.2) is 41.3 Å². The van der Waals surface area contributed by atoms with Gasteiger partial charge in [0.1, 0.15) is 11.5 Å². The van der Waals surface area contributed by atoms with Crippen LogP contribution in [0.25, 0.3) is 0 Å². The Morgan fingerprint density at radius 2 is 2.11 bits per heavy atom. The lowest BCUT2D eigenvalue weighted by Crippen LogP contribution is -2.46. The van der Waals surface area contributed by atoms with Crippen LogP contribution in [0.15, 0.2) is 63.0 Å². The number of carbonyl (C=O) groups is 1. The Labute approximate surface area is 204 Å². The van der Waals surface area contributed by atoms with Crippen molar-refractivity contribution in [2.75, 3.05) is 19.7 Å². The summed E-state index contributed by atoms with van der Waals surface area (Å²) in [7, 11) is 0. The van der Waals surface area contributed by atoms with Gasteiger partial charge in [-0.15, -0.1) is 0 Å². The summed E-state index contributed by atoms with van der Waals surface area (Å²) in [4.78, 5) is 27.0. The van der Waals surface area contributed by atoms with Crippen molar-refractivity contribution in [1.29, 1.82) is 0 Å². The van der Waals surface area contributed by atoms with Crippen LogP contribution in [0.5, 0.6) is 5.75 Å². The number of hydrazone groups is 1. The molecule has 2 aromatic heterocycles. The standard InChI is InChI=1S/C27H30N4O4/c1-3-34-25-8-7-19(13-28-29-27(33)23-9-10-35-18(23)2)11-22(25)17-30-14-20-12-21(16-30)24-5-4-6-26(32)31(24)15-20/h4-11,13,20-21H,3,12,14-17H2,1-2H3,(H,29,33). The van der Waals surface area contributed by atoms with Gasteiger partial charge in [-0.3, -0.25) is 14.5 Å². The molecule has 2 unspecified atom stereocenters. The molecule has 35 heavy (non-hydrogen) atoms. The number of hydrogen-bond acceptors (Lipinski definition) is 6. The predicted octanol–water partition coefficient (Wildman–Crippen LogP) is 3.53. The molecular formula is C27H30N4O4. The second-order valence-corrected chi connectivity index (χ2v) is 9.28. The monoisotopic (exact) mass is 474 g/mol. The maximum atomic E-state index is 12.3. The number of nitrogens with zero attached hydrogens (tertiary/aromatic N) is 3. The first-order valence-corrected chi connectivity index (χ1v) is 12.1. The van der Waals surface area contributed by atoms with Crippen LogP contribution in [0.4, 0.5) is 0 Å². The van der Waals surface area contributed by atoms with Crippen molar-refractivity contribution in [3.05, 3.63) is 87.2 Å². The van der Waals surface area contributed by atoms with Crippen LogP contribution in [-0.2, 0) is 13.1 Å². The Bertz CT molecular complexity index is 1310. The average Bonchev–Trinajstić information content (AvgIpc) is 3.27. The minimum atomic E-state index is -0.307. The van der Waals surface area contributed by atoms with E-state index >= 15 is 0 Å². The van der Waals surface area contributed by atoms with Gasteiger partial charge in [0.05, 0.1) is 24.6 Å². The summed E-state index contributed by atoms with van der Waals surface area (Å²) in [5, 5.41) is 4.13. The minimum Gasteiger partial charge on any atom is -0.494 e. The molecule has 1 N–H and O–H groups in total. The summed E-state index contributed by atoms with van der Waals surface area (Å²) in [6.07, 6.45) is 4.25. The van der Waals surface area contributed by atoms with Crippen LogP contribution in [0.1, 0.15) is 52.2 Å². The molecule has 8 heteroatoms. The summed E-state index contributed by atoms with van der Waals surface area (Å²) in [6, 6.07) is 13.2. The van der Waals surface area contributed by atoms with Crippen LogP contribution in [0.2, 0.25) is 0 Å². The van der Waals surface area contributed by atoms with E-state index in [9.17, 15) is 9.59 Å². The first kappa shape index (κ1) is 23.1. The molecule has 5 rings (SSSR count). The predicted molar refractivity (Wildman–Crippen MR) is 133 cm³/mol. The topological polar surface area (TPSA) is 89.1 Å². The highest BCUT2D eigenvalue weighted by Crippen LogP contribution is 2.36. The number of likely N-dealkylation sites (tertiary alicyclic amines) is 1. The van der Waals surface area contributed by atoms with Gasteiger partial charge in [-0.05, 0) is 62.1 Å². The number of benzene rings is 1. The molecule has 1 aromatic carbocycles. The van der Waals surface area contributed by atoms with E-state index in [-0.39, 0.29) is 11.5 Å². The summed E-state index contributed by atoms with van der Waals surface area (Å²) in [5.41, 5.74) is 6.23. The molecule has 4 heterocycles. The maximum absolute atomic E-state index is 12.3. The highest BCUT2D eigenvalue weighted by molar-refractivity contribution is 5.95. The van der Waals surface area contributed by atoms with Crippen LogP contribution in [0.3, 0.4) is 0 Å². The molecule has 3 aromatic rings. The highest BCUT2D eigenvalue weighted by Gasteiger charge is 2.34. The molecule has 1 saturated heterocycles. The molecule has 1 amide bonds. The zero-order valence-corrected chi connectivity index (χ0v) is 20.1. The second-order valence-electron chi connectivity index (χ2n) is 9.28. The number of amides is 1. The third kappa shape index (κ3) is 4.93.